The lowest BCUT2D eigenvalue weighted by atomic mass is 9.96. The van der Waals surface area contributed by atoms with Gasteiger partial charge in [-0.15, -0.1) is 0 Å². The van der Waals surface area contributed by atoms with Gasteiger partial charge in [-0.05, 0) is 37.5 Å². The smallest absolute Gasteiger partial charge is 0.117 e. The number of nitrogens with one attached hydrogen (secondary N) is 1. The van der Waals surface area contributed by atoms with E-state index in [0.717, 1.165) is 24.6 Å². The van der Waals surface area contributed by atoms with Crippen molar-refractivity contribution in [3.8, 4) is 0 Å². The lowest BCUT2D eigenvalue weighted by Crippen LogP contribution is -2.26. The van der Waals surface area contributed by atoms with E-state index in [1.807, 2.05) is 19.1 Å². The summed E-state index contributed by atoms with van der Waals surface area (Å²) in [6.07, 6.45) is 2.59. The minimum Gasteiger partial charge on any atom is -0.465 e. The molecule has 0 atom stereocenters. The van der Waals surface area contributed by atoms with Crippen molar-refractivity contribution in [3.05, 3.63) is 59.5 Å². The van der Waals surface area contributed by atoms with E-state index in [2.05, 4.69) is 35.6 Å². The van der Waals surface area contributed by atoms with Gasteiger partial charge >= 0.3 is 0 Å². The molecule has 2 aromatic rings. The fraction of sp³-hybridized carbons (Fsp3) is 0.375. The zero-order valence-electron chi connectivity index (χ0n) is 10.8. The third-order valence-electron chi connectivity index (χ3n) is 3.80. The van der Waals surface area contributed by atoms with Gasteiger partial charge in [0.15, 0.2) is 0 Å². The van der Waals surface area contributed by atoms with Gasteiger partial charge in [-0.1, -0.05) is 30.3 Å². The molecule has 18 heavy (non-hydrogen) atoms. The van der Waals surface area contributed by atoms with Crippen molar-refractivity contribution in [2.75, 3.05) is 6.54 Å². The molecule has 0 bridgehead atoms. The second-order valence-corrected chi connectivity index (χ2v) is 5.26. The average molecular weight is 241 g/mol. The second-order valence-electron chi connectivity index (χ2n) is 5.26. The van der Waals surface area contributed by atoms with Crippen molar-refractivity contribution in [1.29, 1.82) is 0 Å². The number of hydrogen-bond acceptors (Lipinski definition) is 2. The molecule has 1 N–H and O–H groups in total. The van der Waals surface area contributed by atoms with Crippen LogP contribution in [0.2, 0.25) is 0 Å². The van der Waals surface area contributed by atoms with Crippen LogP contribution in [0.4, 0.5) is 0 Å². The van der Waals surface area contributed by atoms with E-state index in [9.17, 15) is 0 Å². The Morgan fingerprint density at radius 2 is 1.89 bits per heavy atom. The molecule has 1 saturated carbocycles. The molecule has 1 aromatic carbocycles. The first-order valence-corrected chi connectivity index (χ1v) is 6.60. The van der Waals surface area contributed by atoms with Crippen LogP contribution < -0.4 is 5.32 Å². The minimum atomic E-state index is 0.378. The summed E-state index contributed by atoms with van der Waals surface area (Å²) in [7, 11) is 0. The largest absolute Gasteiger partial charge is 0.465 e. The molecule has 3 rings (SSSR count). The average Bonchev–Trinajstić information content (AvgIpc) is 3.08. The quantitative estimate of drug-likeness (QED) is 0.867. The Morgan fingerprint density at radius 3 is 2.50 bits per heavy atom. The fourth-order valence-electron chi connectivity index (χ4n) is 2.52. The maximum atomic E-state index is 5.56. The molecule has 1 fully saturated rings. The number of aryl methyl sites for hydroxylation is 1. The van der Waals surface area contributed by atoms with Crippen molar-refractivity contribution in [1.82, 2.24) is 5.32 Å². The van der Waals surface area contributed by atoms with Gasteiger partial charge < -0.3 is 9.73 Å². The zero-order chi connectivity index (χ0) is 12.4. The van der Waals surface area contributed by atoms with Crippen molar-refractivity contribution in [3.63, 3.8) is 0 Å². The van der Waals surface area contributed by atoms with Crippen LogP contribution >= 0.6 is 0 Å². The fourth-order valence-corrected chi connectivity index (χ4v) is 2.52. The summed E-state index contributed by atoms with van der Waals surface area (Å²) < 4.78 is 5.56. The number of rotatable bonds is 5. The molecule has 0 spiro atoms. The Bertz CT molecular complexity index is 511. The van der Waals surface area contributed by atoms with Gasteiger partial charge in [-0.25, -0.2) is 0 Å². The Kier molecular flexibility index (Phi) is 2.96. The molecule has 0 radical (unpaired) electrons. The molecule has 2 nitrogen and oxygen atoms in total. The van der Waals surface area contributed by atoms with Crippen LogP contribution in [0, 0.1) is 6.92 Å². The van der Waals surface area contributed by atoms with Crippen LogP contribution in [0.5, 0.6) is 0 Å². The van der Waals surface area contributed by atoms with Gasteiger partial charge in [0, 0.05) is 12.0 Å². The third kappa shape index (κ3) is 2.34. The maximum Gasteiger partial charge on any atom is 0.117 e. The summed E-state index contributed by atoms with van der Waals surface area (Å²) in [5.41, 5.74) is 1.84. The Morgan fingerprint density at radius 1 is 1.11 bits per heavy atom. The van der Waals surface area contributed by atoms with Crippen LogP contribution in [-0.4, -0.2) is 6.54 Å². The monoisotopic (exact) mass is 241 g/mol. The molecule has 0 saturated heterocycles. The van der Waals surface area contributed by atoms with E-state index in [1.54, 1.807) is 0 Å². The van der Waals surface area contributed by atoms with Gasteiger partial charge in [-0.3, -0.25) is 0 Å². The lowest BCUT2D eigenvalue weighted by molar-refractivity contribution is 0.452. The Balaban J connectivity index is 1.57. The molecule has 94 valence electrons. The maximum absolute atomic E-state index is 5.56. The zero-order valence-corrected chi connectivity index (χ0v) is 10.8. The van der Waals surface area contributed by atoms with Crippen LogP contribution in [0.1, 0.15) is 29.9 Å². The Hall–Kier alpha value is -1.54. The van der Waals surface area contributed by atoms with Crippen molar-refractivity contribution in [2.24, 2.45) is 0 Å². The first-order chi connectivity index (χ1) is 8.78. The summed E-state index contributed by atoms with van der Waals surface area (Å²) in [6.45, 7) is 3.84. The lowest BCUT2D eigenvalue weighted by Gasteiger charge is -2.16. The molecule has 1 aromatic heterocycles. The molecule has 0 amide bonds. The molecular weight excluding hydrogens is 222 g/mol. The normalized spacial score (nSPS) is 16.7. The van der Waals surface area contributed by atoms with E-state index in [-0.39, 0.29) is 0 Å². The predicted molar refractivity (Wildman–Crippen MR) is 72.5 cm³/mol. The molecule has 1 heterocycles. The molecule has 2 heteroatoms. The van der Waals surface area contributed by atoms with Crippen LogP contribution in [0.3, 0.4) is 0 Å². The summed E-state index contributed by atoms with van der Waals surface area (Å²) in [6, 6.07) is 14.9. The molecule has 0 unspecified atom stereocenters. The highest BCUT2D eigenvalue weighted by Gasteiger charge is 2.43. The number of benzene rings is 1. The topological polar surface area (TPSA) is 25.2 Å². The highest BCUT2D eigenvalue weighted by molar-refractivity contribution is 5.31. The van der Waals surface area contributed by atoms with E-state index in [0.29, 0.717) is 5.41 Å². The molecule has 1 aliphatic rings. The predicted octanol–water partition coefficient (Wildman–Crippen LogP) is 3.41. The number of furan rings is 1. The van der Waals surface area contributed by atoms with Crippen molar-refractivity contribution in [2.45, 2.75) is 31.7 Å². The second kappa shape index (κ2) is 4.62. The van der Waals surface area contributed by atoms with Gasteiger partial charge in [0.1, 0.15) is 11.5 Å². The summed E-state index contributed by atoms with van der Waals surface area (Å²) in [5, 5.41) is 3.52. The van der Waals surface area contributed by atoms with Crippen LogP contribution in [0.25, 0.3) is 0 Å². The molecule has 1 aliphatic carbocycles. The first kappa shape index (κ1) is 11.5. The summed E-state index contributed by atoms with van der Waals surface area (Å²) >= 11 is 0. The molecular formula is C16H19NO. The van der Waals surface area contributed by atoms with E-state index in [1.165, 1.54) is 18.4 Å². The van der Waals surface area contributed by atoms with Crippen molar-refractivity contribution >= 4 is 0 Å². The van der Waals surface area contributed by atoms with Crippen LogP contribution in [0.15, 0.2) is 46.9 Å². The van der Waals surface area contributed by atoms with E-state index in [4.69, 9.17) is 4.42 Å². The summed E-state index contributed by atoms with van der Waals surface area (Å²) in [4.78, 5) is 0. The Labute approximate surface area is 108 Å². The molecule has 0 aliphatic heterocycles. The highest BCUT2D eigenvalue weighted by atomic mass is 16.3. The number of hydrogen-bond donors (Lipinski definition) is 1. The standard InChI is InChI=1S/C16H19NO/c1-13-7-8-15(18-13)11-17-12-16(9-10-16)14-5-3-2-4-6-14/h2-8,17H,9-12H2,1H3. The van der Waals surface area contributed by atoms with Gasteiger partial charge in [-0.2, -0.15) is 0 Å². The van der Waals surface area contributed by atoms with Crippen LogP contribution in [-0.2, 0) is 12.0 Å². The van der Waals surface area contributed by atoms with Gasteiger partial charge in [0.2, 0.25) is 0 Å². The first-order valence-electron chi connectivity index (χ1n) is 6.60. The van der Waals surface area contributed by atoms with Gasteiger partial charge in [0.25, 0.3) is 0 Å². The van der Waals surface area contributed by atoms with Gasteiger partial charge in [0.05, 0.1) is 6.54 Å². The minimum absolute atomic E-state index is 0.378. The SMILES string of the molecule is Cc1ccc(CNCC2(c3ccccc3)CC2)o1. The van der Waals surface area contributed by atoms with E-state index >= 15 is 0 Å². The van der Waals surface area contributed by atoms with E-state index < -0.39 is 0 Å². The summed E-state index contributed by atoms with van der Waals surface area (Å²) in [5.74, 6) is 2.01. The highest BCUT2D eigenvalue weighted by Crippen LogP contribution is 2.47. The van der Waals surface area contributed by atoms with Crippen molar-refractivity contribution < 1.29 is 4.42 Å². The third-order valence-corrected chi connectivity index (χ3v) is 3.80.